The molecule has 61 heavy (non-hydrogen) atoms. The van der Waals surface area contributed by atoms with Crippen LogP contribution in [0.15, 0.2) is 200 Å². The second kappa shape index (κ2) is 14.0. The van der Waals surface area contributed by atoms with E-state index in [9.17, 15) is 0 Å². The van der Waals surface area contributed by atoms with E-state index in [1.165, 1.54) is 116 Å². The molecule has 0 unspecified atom stereocenters. The minimum absolute atomic E-state index is 0.101. The average molecular weight is 781 g/mol. The van der Waals surface area contributed by atoms with Crippen molar-refractivity contribution in [2.24, 2.45) is 0 Å². The molecule has 0 nitrogen and oxygen atoms in total. The normalized spacial score (nSPS) is 13.9. The number of hydrogen-bond acceptors (Lipinski definition) is 0. The Balaban J connectivity index is 1.15. The molecule has 0 heterocycles. The molecule has 0 radical (unpaired) electrons. The molecule has 0 spiro atoms. The highest BCUT2D eigenvalue weighted by molar-refractivity contribution is 6.05. The standard InChI is InChI=1S/C61H48/c1-39-25-26-40(41-27-29-43(30-28-41)47-22-14-16-42-15-6-7-17-46(42)47)31-34-48(44-32-35-52-50-19-10-12-23-55(50)60(2,3)57(52)37-44)49-18-8-9-21-54(49)59(39)45-33-36-53-51-20-11-13-24-56(51)61(4,5)58(53)38-45/h6-38H,1-5H3. The van der Waals surface area contributed by atoms with Gasteiger partial charge in [0.05, 0.1) is 0 Å². The van der Waals surface area contributed by atoms with E-state index in [4.69, 9.17) is 0 Å². The zero-order valence-corrected chi connectivity index (χ0v) is 35.6. The molecule has 0 saturated heterocycles. The van der Waals surface area contributed by atoms with Gasteiger partial charge in [0, 0.05) is 10.8 Å². The van der Waals surface area contributed by atoms with Gasteiger partial charge in [0.2, 0.25) is 0 Å². The minimum atomic E-state index is -0.107. The van der Waals surface area contributed by atoms with Crippen molar-refractivity contribution in [2.75, 3.05) is 0 Å². The van der Waals surface area contributed by atoms with E-state index in [1.807, 2.05) is 0 Å². The lowest BCUT2D eigenvalue weighted by atomic mass is 9.81. The Hall–Kier alpha value is -7.02. The van der Waals surface area contributed by atoms with Crippen LogP contribution in [0.4, 0.5) is 0 Å². The highest BCUT2D eigenvalue weighted by atomic mass is 14.4. The first-order valence-corrected chi connectivity index (χ1v) is 21.7. The molecule has 9 aromatic carbocycles. The van der Waals surface area contributed by atoms with E-state index >= 15 is 0 Å². The predicted molar refractivity (Wildman–Crippen MR) is 261 cm³/mol. The summed E-state index contributed by atoms with van der Waals surface area (Å²) in [4.78, 5) is 0. The molecule has 0 saturated carbocycles. The van der Waals surface area contributed by atoms with Gasteiger partial charge in [0.1, 0.15) is 0 Å². The van der Waals surface area contributed by atoms with Gasteiger partial charge in [-0.2, -0.15) is 0 Å². The summed E-state index contributed by atoms with van der Waals surface area (Å²) in [5.41, 5.74) is 21.7. The molecular formula is C61H48. The Kier molecular flexibility index (Phi) is 8.52. The van der Waals surface area contributed by atoms with Crippen molar-refractivity contribution in [1.82, 2.24) is 0 Å². The van der Waals surface area contributed by atoms with Crippen LogP contribution < -0.4 is 0 Å². The molecule has 9 aromatic rings. The van der Waals surface area contributed by atoms with Gasteiger partial charge in [0.25, 0.3) is 0 Å². The Morgan fingerprint density at radius 1 is 0.279 bits per heavy atom. The molecule has 292 valence electrons. The molecule has 0 amide bonds. The van der Waals surface area contributed by atoms with Crippen LogP contribution >= 0.6 is 0 Å². The van der Waals surface area contributed by atoms with Crippen LogP contribution in [0.3, 0.4) is 0 Å². The molecule has 0 aliphatic heterocycles. The molecule has 0 aromatic heterocycles. The van der Waals surface area contributed by atoms with Crippen molar-refractivity contribution in [3.63, 3.8) is 0 Å². The van der Waals surface area contributed by atoms with Crippen LogP contribution in [-0.2, 0) is 10.8 Å². The van der Waals surface area contributed by atoms with Crippen LogP contribution in [0.25, 0.3) is 88.3 Å². The van der Waals surface area contributed by atoms with E-state index < -0.39 is 0 Å². The van der Waals surface area contributed by atoms with Crippen molar-refractivity contribution >= 4 is 21.5 Å². The molecule has 0 atom stereocenters. The summed E-state index contributed by atoms with van der Waals surface area (Å²) in [5, 5.41) is 5.00. The van der Waals surface area contributed by atoms with Crippen LogP contribution in [-0.4, -0.2) is 0 Å². The zero-order chi connectivity index (χ0) is 41.5. The van der Waals surface area contributed by atoms with Crippen molar-refractivity contribution < 1.29 is 0 Å². The summed E-state index contributed by atoms with van der Waals surface area (Å²) in [5.74, 6) is 0. The highest BCUT2D eigenvalue weighted by Gasteiger charge is 2.36. The van der Waals surface area contributed by atoms with E-state index in [2.05, 4.69) is 235 Å². The number of benzene rings is 8. The highest BCUT2D eigenvalue weighted by Crippen LogP contribution is 2.52. The second-order valence-electron chi connectivity index (χ2n) is 18.1. The van der Waals surface area contributed by atoms with Crippen LogP contribution in [0.1, 0.15) is 55.5 Å². The summed E-state index contributed by atoms with van der Waals surface area (Å²) in [6.07, 6.45) is 0. The topological polar surface area (TPSA) is 0 Å². The van der Waals surface area contributed by atoms with Gasteiger partial charge >= 0.3 is 0 Å². The third-order valence-corrected chi connectivity index (χ3v) is 13.9. The fourth-order valence-electron chi connectivity index (χ4n) is 10.6. The Bertz CT molecular complexity index is 3290. The molecule has 0 heteroatoms. The van der Waals surface area contributed by atoms with Gasteiger partial charge in [-0.15, -0.1) is 0 Å². The van der Waals surface area contributed by atoms with Gasteiger partial charge in [-0.05, 0) is 135 Å². The largest absolute Gasteiger partial charge is 0.0619 e. The van der Waals surface area contributed by atoms with E-state index in [0.29, 0.717) is 0 Å². The van der Waals surface area contributed by atoms with Gasteiger partial charge in [0.15, 0.2) is 0 Å². The van der Waals surface area contributed by atoms with Gasteiger partial charge in [-0.25, -0.2) is 0 Å². The molecule has 0 fully saturated rings. The maximum absolute atomic E-state index is 2.48. The third kappa shape index (κ3) is 5.88. The number of hydrogen-bond donors (Lipinski definition) is 0. The Morgan fingerprint density at radius 3 is 1.36 bits per heavy atom. The van der Waals surface area contributed by atoms with Gasteiger partial charge in [-0.1, -0.05) is 216 Å². The third-order valence-electron chi connectivity index (χ3n) is 13.9. The van der Waals surface area contributed by atoms with Gasteiger partial charge in [-0.3, -0.25) is 0 Å². The summed E-state index contributed by atoms with van der Waals surface area (Å²) in [6.45, 7) is 11.8. The van der Waals surface area contributed by atoms with E-state index in [1.54, 1.807) is 0 Å². The lowest BCUT2D eigenvalue weighted by Crippen LogP contribution is -2.14. The summed E-state index contributed by atoms with van der Waals surface area (Å²) >= 11 is 0. The second-order valence-corrected chi connectivity index (χ2v) is 18.1. The maximum Gasteiger partial charge on any atom is 0.0159 e. The first kappa shape index (κ1) is 37.0. The summed E-state index contributed by atoms with van der Waals surface area (Å²) in [6, 6.07) is 75.0. The molecule has 11 rings (SSSR count). The summed E-state index contributed by atoms with van der Waals surface area (Å²) in [7, 11) is 0. The average Bonchev–Trinajstić information content (AvgIpc) is 3.66. The molecule has 2 aliphatic rings. The van der Waals surface area contributed by atoms with Crippen LogP contribution in [0.2, 0.25) is 0 Å². The van der Waals surface area contributed by atoms with Gasteiger partial charge < -0.3 is 0 Å². The van der Waals surface area contributed by atoms with Crippen molar-refractivity contribution in [2.45, 2.75) is 45.4 Å². The maximum atomic E-state index is 2.48. The zero-order valence-electron chi connectivity index (χ0n) is 35.6. The first-order chi connectivity index (χ1) is 29.7. The predicted octanol–water partition coefficient (Wildman–Crippen LogP) is 16.7. The first-order valence-electron chi connectivity index (χ1n) is 21.7. The van der Waals surface area contributed by atoms with E-state index in [0.717, 1.165) is 0 Å². The van der Waals surface area contributed by atoms with Crippen molar-refractivity contribution in [3.8, 4) is 66.8 Å². The van der Waals surface area contributed by atoms with Crippen LogP contribution in [0, 0.1) is 6.92 Å². The fourth-order valence-corrected chi connectivity index (χ4v) is 10.6. The lowest BCUT2D eigenvalue weighted by molar-refractivity contribution is 0.660. The Morgan fingerprint density at radius 2 is 0.689 bits per heavy atom. The number of aryl methyl sites for hydroxylation is 1. The fraction of sp³-hybridized carbons (Fsp3) is 0.115. The summed E-state index contributed by atoms with van der Waals surface area (Å²) < 4.78 is 0. The van der Waals surface area contributed by atoms with Crippen LogP contribution in [0.5, 0.6) is 0 Å². The monoisotopic (exact) mass is 780 g/mol. The number of fused-ring (bicyclic) bond motifs is 8. The molecule has 2 aliphatic carbocycles. The molecular weight excluding hydrogens is 733 g/mol. The SMILES string of the molecule is Cc1ccc(-c2ccc(-c3cccc4ccccc34)cc2)ccc(-c2ccc3c(c2)C(C)(C)c2ccccc2-3)c2ccccc2c1-c1ccc2c(c1)C(C)(C)c1ccccc1-2. The quantitative estimate of drug-likeness (QED) is 0.167. The molecule has 0 bridgehead atoms. The molecule has 0 N–H and O–H groups in total. The minimum Gasteiger partial charge on any atom is -0.0619 e. The van der Waals surface area contributed by atoms with Crippen molar-refractivity contribution in [3.05, 3.63) is 228 Å². The smallest absolute Gasteiger partial charge is 0.0159 e. The van der Waals surface area contributed by atoms with E-state index in [-0.39, 0.29) is 10.8 Å². The number of rotatable bonds is 4. The lowest BCUT2D eigenvalue weighted by Gasteiger charge is -2.22. The Labute approximate surface area is 360 Å². The van der Waals surface area contributed by atoms with Crippen molar-refractivity contribution in [1.29, 1.82) is 0 Å².